The summed E-state index contributed by atoms with van der Waals surface area (Å²) in [4.78, 5) is 25.8. The van der Waals surface area contributed by atoms with E-state index in [0.717, 1.165) is 9.13 Å². The van der Waals surface area contributed by atoms with Crippen LogP contribution in [0.25, 0.3) is 0 Å². The fourth-order valence-electron chi connectivity index (χ4n) is 2.36. The smallest absolute Gasteiger partial charge is 0.243 e. The minimum atomic E-state index is -0.351. The summed E-state index contributed by atoms with van der Waals surface area (Å²) in [6.45, 7) is 4.74. The van der Waals surface area contributed by atoms with Gasteiger partial charge in [-0.15, -0.1) is 0 Å². The first-order chi connectivity index (χ1) is 9.47. The number of piperazine rings is 1. The SMILES string of the molecule is CC(C)CC1C(=O)NCC(=O)N1Cc1ccc(I)cc1. The number of hydrogen-bond acceptors (Lipinski definition) is 2. The Morgan fingerprint density at radius 2 is 1.95 bits per heavy atom. The molecule has 1 aliphatic heterocycles. The van der Waals surface area contributed by atoms with Crippen LogP contribution in [0, 0.1) is 9.49 Å². The van der Waals surface area contributed by atoms with E-state index in [1.54, 1.807) is 4.90 Å². The topological polar surface area (TPSA) is 49.4 Å². The van der Waals surface area contributed by atoms with Crippen LogP contribution in [-0.4, -0.2) is 29.3 Å². The van der Waals surface area contributed by atoms with Gasteiger partial charge in [-0.25, -0.2) is 0 Å². The highest BCUT2D eigenvalue weighted by atomic mass is 127. The first-order valence-electron chi connectivity index (χ1n) is 6.79. The average molecular weight is 386 g/mol. The summed E-state index contributed by atoms with van der Waals surface area (Å²) < 4.78 is 1.16. The largest absolute Gasteiger partial charge is 0.345 e. The minimum Gasteiger partial charge on any atom is -0.345 e. The minimum absolute atomic E-state index is 0.00574. The highest BCUT2D eigenvalue weighted by Crippen LogP contribution is 2.18. The lowest BCUT2D eigenvalue weighted by Gasteiger charge is -2.36. The monoisotopic (exact) mass is 386 g/mol. The van der Waals surface area contributed by atoms with Crippen LogP contribution in [0.4, 0.5) is 0 Å². The van der Waals surface area contributed by atoms with Crippen molar-refractivity contribution in [2.75, 3.05) is 6.54 Å². The molecule has 1 aromatic rings. The van der Waals surface area contributed by atoms with Crippen molar-refractivity contribution in [3.63, 3.8) is 0 Å². The molecule has 1 N–H and O–H groups in total. The Hall–Kier alpha value is -1.11. The zero-order chi connectivity index (χ0) is 14.7. The summed E-state index contributed by atoms with van der Waals surface area (Å²) >= 11 is 2.25. The molecule has 1 aromatic carbocycles. The van der Waals surface area contributed by atoms with Gasteiger partial charge in [0.2, 0.25) is 11.8 Å². The van der Waals surface area contributed by atoms with Crippen LogP contribution in [0.15, 0.2) is 24.3 Å². The molecule has 0 aromatic heterocycles. The molecule has 108 valence electrons. The summed E-state index contributed by atoms with van der Waals surface area (Å²) in [5, 5.41) is 2.68. The van der Waals surface area contributed by atoms with Crippen LogP contribution in [-0.2, 0) is 16.1 Å². The second-order valence-corrected chi connectivity index (χ2v) is 6.76. The molecular formula is C15H19IN2O2. The van der Waals surface area contributed by atoms with Crippen molar-refractivity contribution in [1.29, 1.82) is 0 Å². The molecule has 0 radical (unpaired) electrons. The number of carbonyl (C=O) groups excluding carboxylic acids is 2. The number of rotatable bonds is 4. The van der Waals surface area contributed by atoms with Crippen LogP contribution in [0.3, 0.4) is 0 Å². The standard InChI is InChI=1S/C15H19IN2O2/c1-10(2)7-13-15(20)17-8-14(19)18(13)9-11-3-5-12(16)6-4-11/h3-6,10,13H,7-9H2,1-2H3,(H,17,20). The predicted molar refractivity (Wildman–Crippen MR) is 86.0 cm³/mol. The van der Waals surface area contributed by atoms with Gasteiger partial charge in [-0.1, -0.05) is 26.0 Å². The molecule has 0 aliphatic carbocycles. The average Bonchev–Trinajstić information content (AvgIpc) is 2.40. The zero-order valence-electron chi connectivity index (χ0n) is 11.7. The lowest BCUT2D eigenvalue weighted by molar-refractivity contribution is -0.146. The Morgan fingerprint density at radius 3 is 2.55 bits per heavy atom. The summed E-state index contributed by atoms with van der Waals surface area (Å²) in [7, 11) is 0. The molecule has 1 unspecified atom stereocenters. The molecular weight excluding hydrogens is 367 g/mol. The molecule has 0 bridgehead atoms. The zero-order valence-corrected chi connectivity index (χ0v) is 13.9. The second-order valence-electron chi connectivity index (χ2n) is 5.51. The maximum atomic E-state index is 12.1. The number of benzene rings is 1. The van der Waals surface area contributed by atoms with E-state index in [1.165, 1.54) is 0 Å². The van der Waals surface area contributed by atoms with Gasteiger partial charge < -0.3 is 10.2 Å². The van der Waals surface area contributed by atoms with Crippen molar-refractivity contribution in [2.24, 2.45) is 5.92 Å². The fourth-order valence-corrected chi connectivity index (χ4v) is 2.72. The molecule has 0 spiro atoms. The highest BCUT2D eigenvalue weighted by molar-refractivity contribution is 14.1. The molecule has 2 amide bonds. The van der Waals surface area contributed by atoms with Crippen molar-refractivity contribution in [2.45, 2.75) is 32.9 Å². The number of nitrogens with one attached hydrogen (secondary N) is 1. The molecule has 1 heterocycles. The number of nitrogens with zero attached hydrogens (tertiary/aromatic N) is 1. The Morgan fingerprint density at radius 1 is 1.30 bits per heavy atom. The maximum absolute atomic E-state index is 12.1. The highest BCUT2D eigenvalue weighted by Gasteiger charge is 2.34. The van der Waals surface area contributed by atoms with Crippen LogP contribution >= 0.6 is 22.6 Å². The van der Waals surface area contributed by atoms with Gasteiger partial charge in [0.05, 0.1) is 6.54 Å². The van der Waals surface area contributed by atoms with E-state index in [1.807, 2.05) is 24.3 Å². The van der Waals surface area contributed by atoms with Gasteiger partial charge in [-0.05, 0) is 52.6 Å². The van der Waals surface area contributed by atoms with E-state index in [9.17, 15) is 9.59 Å². The van der Waals surface area contributed by atoms with Gasteiger partial charge in [-0.2, -0.15) is 0 Å². The van der Waals surface area contributed by atoms with E-state index in [2.05, 4.69) is 41.8 Å². The summed E-state index contributed by atoms with van der Waals surface area (Å²) in [5.41, 5.74) is 1.06. The quantitative estimate of drug-likeness (QED) is 0.807. The van der Waals surface area contributed by atoms with Crippen LogP contribution in [0.1, 0.15) is 25.8 Å². The van der Waals surface area contributed by atoms with Gasteiger partial charge in [0.25, 0.3) is 0 Å². The molecule has 1 saturated heterocycles. The van der Waals surface area contributed by atoms with Gasteiger partial charge in [0, 0.05) is 10.1 Å². The van der Waals surface area contributed by atoms with Crippen LogP contribution < -0.4 is 5.32 Å². The third kappa shape index (κ3) is 3.71. The molecule has 1 fully saturated rings. The Labute approximate surface area is 133 Å². The molecule has 1 aliphatic rings. The number of hydrogen-bond donors (Lipinski definition) is 1. The van der Waals surface area contributed by atoms with E-state index in [0.29, 0.717) is 18.9 Å². The Balaban J connectivity index is 2.17. The Kier molecular flexibility index (Phi) is 5.01. The number of amides is 2. The van der Waals surface area contributed by atoms with E-state index < -0.39 is 0 Å². The molecule has 2 rings (SSSR count). The first-order valence-corrected chi connectivity index (χ1v) is 7.87. The fraction of sp³-hybridized carbons (Fsp3) is 0.467. The van der Waals surface area contributed by atoms with Crippen molar-refractivity contribution in [3.8, 4) is 0 Å². The maximum Gasteiger partial charge on any atom is 0.243 e. The van der Waals surface area contributed by atoms with E-state index in [-0.39, 0.29) is 24.4 Å². The summed E-state index contributed by atoms with van der Waals surface area (Å²) in [5.74, 6) is 0.327. The molecule has 1 atom stereocenters. The van der Waals surface area contributed by atoms with Crippen LogP contribution in [0.2, 0.25) is 0 Å². The third-order valence-electron chi connectivity index (χ3n) is 3.37. The van der Waals surface area contributed by atoms with Gasteiger partial charge in [0.15, 0.2) is 0 Å². The van der Waals surface area contributed by atoms with Gasteiger partial charge >= 0.3 is 0 Å². The van der Waals surface area contributed by atoms with Gasteiger partial charge in [0.1, 0.15) is 6.04 Å². The lowest BCUT2D eigenvalue weighted by Crippen LogP contribution is -2.58. The van der Waals surface area contributed by atoms with Crippen molar-refractivity contribution in [1.82, 2.24) is 10.2 Å². The van der Waals surface area contributed by atoms with E-state index >= 15 is 0 Å². The van der Waals surface area contributed by atoms with Gasteiger partial charge in [-0.3, -0.25) is 9.59 Å². The third-order valence-corrected chi connectivity index (χ3v) is 4.09. The van der Waals surface area contributed by atoms with Crippen LogP contribution in [0.5, 0.6) is 0 Å². The molecule has 0 saturated carbocycles. The van der Waals surface area contributed by atoms with Crippen molar-refractivity contribution < 1.29 is 9.59 Å². The lowest BCUT2D eigenvalue weighted by atomic mass is 9.99. The molecule has 20 heavy (non-hydrogen) atoms. The number of carbonyl (C=O) groups is 2. The van der Waals surface area contributed by atoms with Crippen molar-refractivity contribution in [3.05, 3.63) is 33.4 Å². The normalized spacial score (nSPS) is 19.4. The molecule has 5 heteroatoms. The predicted octanol–water partition coefficient (Wildman–Crippen LogP) is 2.16. The second kappa shape index (κ2) is 6.56. The Bertz CT molecular complexity index is 499. The first kappa shape index (κ1) is 15.3. The number of halogens is 1. The summed E-state index contributed by atoms with van der Waals surface area (Å²) in [6, 6.07) is 7.70. The summed E-state index contributed by atoms with van der Waals surface area (Å²) in [6.07, 6.45) is 0.696. The molecule has 4 nitrogen and oxygen atoms in total. The van der Waals surface area contributed by atoms with Crippen molar-refractivity contribution >= 4 is 34.4 Å². The van der Waals surface area contributed by atoms with E-state index in [4.69, 9.17) is 0 Å².